The number of nitrogens with one attached hydrogen (secondary N) is 1. The number of aliphatic carboxylic acids is 1. The Morgan fingerprint density at radius 1 is 1.35 bits per heavy atom. The van der Waals surface area contributed by atoms with E-state index in [9.17, 15) is 9.59 Å². The van der Waals surface area contributed by atoms with Crippen molar-refractivity contribution in [1.29, 1.82) is 0 Å². The van der Waals surface area contributed by atoms with Crippen LogP contribution in [0.2, 0.25) is 0 Å². The van der Waals surface area contributed by atoms with E-state index < -0.39 is 5.97 Å². The number of nitrogens with zero attached hydrogens (tertiary/aromatic N) is 1. The molecule has 1 aliphatic rings. The number of carbonyl (C=O) groups excluding carboxylic acids is 1. The number of hydrogen-bond acceptors (Lipinski definition) is 3. The number of carboxylic acid groups (broad SMARTS) is 1. The first-order valence-electron chi connectivity index (χ1n) is 6.81. The van der Waals surface area contributed by atoms with E-state index in [0.717, 1.165) is 18.9 Å². The Balaban J connectivity index is 1.93. The maximum atomic E-state index is 11.9. The second kappa shape index (κ2) is 6.84. The first-order valence-corrected chi connectivity index (χ1v) is 6.81. The molecule has 0 unspecified atom stereocenters. The third kappa shape index (κ3) is 4.50. The molecule has 2 N–H and O–H groups in total. The minimum atomic E-state index is -1.03. The molecule has 0 aromatic carbocycles. The summed E-state index contributed by atoms with van der Waals surface area (Å²) in [5.41, 5.74) is 0.506. The van der Waals surface area contributed by atoms with Crippen molar-refractivity contribution in [2.45, 2.75) is 32.1 Å². The van der Waals surface area contributed by atoms with Crippen LogP contribution in [0.15, 0.2) is 24.3 Å². The molecular formula is C15H18N2O3. The van der Waals surface area contributed by atoms with Crippen molar-refractivity contribution in [3.05, 3.63) is 30.0 Å². The molecule has 0 aliphatic heterocycles. The Kier molecular flexibility index (Phi) is 4.87. The summed E-state index contributed by atoms with van der Waals surface area (Å²) in [6.45, 7) is 0. The standard InChI is InChI=1S/C15H18N2O3/c18-14(10-11-4-1-2-5-11)17-13-7-3-6-12(16-13)8-9-15(19)20/h3,6-9,11H,1-2,4-5,10H2,(H,19,20)(H,16,17,18). The molecule has 1 saturated carbocycles. The molecular weight excluding hydrogens is 256 g/mol. The van der Waals surface area contributed by atoms with Crippen molar-refractivity contribution in [1.82, 2.24) is 4.98 Å². The SMILES string of the molecule is O=C(O)C=Cc1cccc(NC(=O)CC2CCCC2)n1. The van der Waals surface area contributed by atoms with Crippen LogP contribution in [0.4, 0.5) is 5.82 Å². The molecule has 1 heterocycles. The van der Waals surface area contributed by atoms with Crippen LogP contribution < -0.4 is 5.32 Å². The third-order valence-corrected chi connectivity index (χ3v) is 3.38. The van der Waals surface area contributed by atoms with Gasteiger partial charge in [-0.2, -0.15) is 0 Å². The number of amides is 1. The molecule has 5 nitrogen and oxygen atoms in total. The molecule has 106 valence electrons. The van der Waals surface area contributed by atoms with Gasteiger partial charge in [-0.1, -0.05) is 18.9 Å². The van der Waals surface area contributed by atoms with Crippen molar-refractivity contribution in [3.8, 4) is 0 Å². The minimum Gasteiger partial charge on any atom is -0.478 e. The Morgan fingerprint density at radius 2 is 2.10 bits per heavy atom. The highest BCUT2D eigenvalue weighted by Gasteiger charge is 2.18. The van der Waals surface area contributed by atoms with Gasteiger partial charge in [0.25, 0.3) is 0 Å². The van der Waals surface area contributed by atoms with Crippen molar-refractivity contribution in [3.63, 3.8) is 0 Å². The molecule has 1 aliphatic carbocycles. The second-order valence-corrected chi connectivity index (χ2v) is 5.02. The van der Waals surface area contributed by atoms with Crippen LogP contribution in [0, 0.1) is 5.92 Å². The van der Waals surface area contributed by atoms with Crippen LogP contribution in [0.25, 0.3) is 6.08 Å². The normalized spacial score (nSPS) is 15.6. The molecule has 1 aromatic rings. The van der Waals surface area contributed by atoms with Gasteiger partial charge < -0.3 is 10.4 Å². The van der Waals surface area contributed by atoms with Crippen LogP contribution in [-0.4, -0.2) is 22.0 Å². The van der Waals surface area contributed by atoms with E-state index in [4.69, 9.17) is 5.11 Å². The van der Waals surface area contributed by atoms with Crippen LogP contribution in [-0.2, 0) is 9.59 Å². The van der Waals surface area contributed by atoms with E-state index in [1.807, 2.05) is 0 Å². The predicted molar refractivity (Wildman–Crippen MR) is 76.1 cm³/mol. The van der Waals surface area contributed by atoms with Crippen molar-refractivity contribution < 1.29 is 14.7 Å². The van der Waals surface area contributed by atoms with Crippen molar-refractivity contribution >= 4 is 23.8 Å². The Morgan fingerprint density at radius 3 is 2.80 bits per heavy atom. The monoisotopic (exact) mass is 274 g/mol. The zero-order valence-corrected chi connectivity index (χ0v) is 11.2. The van der Waals surface area contributed by atoms with Crippen LogP contribution in [0.1, 0.15) is 37.8 Å². The Hall–Kier alpha value is -2.17. The molecule has 0 radical (unpaired) electrons. The van der Waals surface area contributed by atoms with Crippen molar-refractivity contribution in [2.24, 2.45) is 5.92 Å². The van der Waals surface area contributed by atoms with E-state index in [1.165, 1.54) is 18.9 Å². The molecule has 2 rings (SSSR count). The zero-order chi connectivity index (χ0) is 14.4. The smallest absolute Gasteiger partial charge is 0.328 e. The highest BCUT2D eigenvalue weighted by atomic mass is 16.4. The lowest BCUT2D eigenvalue weighted by atomic mass is 10.0. The lowest BCUT2D eigenvalue weighted by Crippen LogP contribution is -2.16. The molecule has 1 fully saturated rings. The molecule has 1 amide bonds. The Bertz CT molecular complexity index is 520. The van der Waals surface area contributed by atoms with Gasteiger partial charge in [-0.05, 0) is 37.0 Å². The number of carboxylic acids is 1. The zero-order valence-electron chi connectivity index (χ0n) is 11.2. The summed E-state index contributed by atoms with van der Waals surface area (Å²) in [6.07, 6.45) is 7.64. The number of aromatic nitrogens is 1. The largest absolute Gasteiger partial charge is 0.478 e. The quantitative estimate of drug-likeness (QED) is 0.809. The average Bonchev–Trinajstić information content (AvgIpc) is 2.89. The second-order valence-electron chi connectivity index (χ2n) is 5.02. The molecule has 0 atom stereocenters. The summed E-state index contributed by atoms with van der Waals surface area (Å²) in [6, 6.07) is 5.12. The minimum absolute atomic E-state index is 0.0243. The predicted octanol–water partition coefficient (Wildman–Crippen LogP) is 2.70. The topological polar surface area (TPSA) is 79.3 Å². The lowest BCUT2D eigenvalue weighted by molar-refractivity contribution is -0.131. The van der Waals surface area contributed by atoms with Gasteiger partial charge in [-0.3, -0.25) is 4.79 Å². The lowest BCUT2D eigenvalue weighted by Gasteiger charge is -2.09. The molecule has 0 spiro atoms. The fourth-order valence-corrected chi connectivity index (χ4v) is 2.44. The maximum absolute atomic E-state index is 11.9. The number of carbonyl (C=O) groups is 2. The summed E-state index contributed by atoms with van der Waals surface area (Å²) in [5.74, 6) is -0.100. The number of hydrogen-bond donors (Lipinski definition) is 2. The van der Waals surface area contributed by atoms with E-state index in [2.05, 4.69) is 10.3 Å². The van der Waals surface area contributed by atoms with E-state index in [0.29, 0.717) is 23.9 Å². The van der Waals surface area contributed by atoms with Crippen LogP contribution in [0.5, 0.6) is 0 Å². The summed E-state index contributed by atoms with van der Waals surface area (Å²) in [4.78, 5) is 26.5. The fourth-order valence-electron chi connectivity index (χ4n) is 2.44. The van der Waals surface area contributed by atoms with Crippen LogP contribution in [0.3, 0.4) is 0 Å². The van der Waals surface area contributed by atoms with E-state index in [1.54, 1.807) is 18.2 Å². The van der Waals surface area contributed by atoms with Gasteiger partial charge in [-0.15, -0.1) is 0 Å². The van der Waals surface area contributed by atoms with Gasteiger partial charge in [0.05, 0.1) is 5.69 Å². The molecule has 20 heavy (non-hydrogen) atoms. The van der Waals surface area contributed by atoms with E-state index >= 15 is 0 Å². The fraction of sp³-hybridized carbons (Fsp3) is 0.400. The maximum Gasteiger partial charge on any atom is 0.328 e. The summed E-state index contributed by atoms with van der Waals surface area (Å²) in [5, 5.41) is 11.3. The first-order chi connectivity index (χ1) is 9.63. The van der Waals surface area contributed by atoms with Gasteiger partial charge >= 0.3 is 5.97 Å². The van der Waals surface area contributed by atoms with Gasteiger partial charge in [0, 0.05) is 12.5 Å². The third-order valence-electron chi connectivity index (χ3n) is 3.38. The summed E-state index contributed by atoms with van der Waals surface area (Å²) >= 11 is 0. The molecule has 1 aromatic heterocycles. The number of anilines is 1. The number of pyridine rings is 1. The number of rotatable bonds is 5. The Labute approximate surface area is 117 Å². The first kappa shape index (κ1) is 14.2. The molecule has 5 heteroatoms. The van der Waals surface area contributed by atoms with Gasteiger partial charge in [0.1, 0.15) is 5.82 Å². The average molecular weight is 274 g/mol. The van der Waals surface area contributed by atoms with Gasteiger partial charge in [0.2, 0.25) is 5.91 Å². The van der Waals surface area contributed by atoms with E-state index in [-0.39, 0.29) is 5.91 Å². The van der Waals surface area contributed by atoms with Gasteiger partial charge in [-0.25, -0.2) is 9.78 Å². The van der Waals surface area contributed by atoms with Crippen molar-refractivity contribution in [2.75, 3.05) is 5.32 Å². The highest BCUT2D eigenvalue weighted by Crippen LogP contribution is 2.27. The molecule has 0 bridgehead atoms. The van der Waals surface area contributed by atoms with Gasteiger partial charge in [0.15, 0.2) is 0 Å². The highest BCUT2D eigenvalue weighted by molar-refractivity contribution is 5.90. The summed E-state index contributed by atoms with van der Waals surface area (Å²) < 4.78 is 0. The van der Waals surface area contributed by atoms with Crippen LogP contribution >= 0.6 is 0 Å². The molecule has 0 saturated heterocycles. The summed E-state index contributed by atoms with van der Waals surface area (Å²) in [7, 11) is 0.